The third-order valence-electron chi connectivity index (χ3n) is 7.54. The average molecular weight is 451 g/mol. The van der Waals surface area contributed by atoms with Crippen LogP contribution in [0.5, 0.6) is 0 Å². The fraction of sp³-hybridized carbons (Fsp3) is 0.636. The van der Waals surface area contributed by atoms with Gasteiger partial charge in [0, 0.05) is 0 Å². The quantitative estimate of drug-likeness (QED) is 0.172. The molecule has 0 nitrogen and oxygen atoms in total. The van der Waals surface area contributed by atoms with Crippen LogP contribution in [0.1, 0.15) is 125 Å². The lowest BCUT2D eigenvalue weighted by Crippen LogP contribution is -2.29. The summed E-state index contributed by atoms with van der Waals surface area (Å²) in [5.41, 5.74) is 8.04. The number of allylic oxidation sites excluding steroid dienone is 10. The van der Waals surface area contributed by atoms with Gasteiger partial charge in [0.25, 0.3) is 0 Å². The van der Waals surface area contributed by atoms with E-state index in [4.69, 9.17) is 0 Å². The van der Waals surface area contributed by atoms with Crippen LogP contribution in [0.2, 0.25) is 0 Å². The molecule has 33 heavy (non-hydrogen) atoms. The third-order valence-corrected chi connectivity index (χ3v) is 7.54. The van der Waals surface area contributed by atoms with Crippen LogP contribution in [0.4, 0.5) is 0 Å². The molecule has 0 spiro atoms. The molecular formula is C33H54. The molecule has 0 bridgehead atoms. The summed E-state index contributed by atoms with van der Waals surface area (Å²) in [5, 5.41) is 0. The van der Waals surface area contributed by atoms with Crippen molar-refractivity contribution in [1.29, 1.82) is 0 Å². The summed E-state index contributed by atoms with van der Waals surface area (Å²) in [7, 11) is 0. The van der Waals surface area contributed by atoms with Crippen molar-refractivity contribution < 1.29 is 0 Å². The van der Waals surface area contributed by atoms with Crippen LogP contribution in [-0.4, -0.2) is 0 Å². The molecule has 0 unspecified atom stereocenters. The molecule has 0 aliphatic heterocycles. The van der Waals surface area contributed by atoms with Gasteiger partial charge in [-0.1, -0.05) is 78.7 Å². The summed E-state index contributed by atoms with van der Waals surface area (Å²) in [6, 6.07) is 0. The van der Waals surface area contributed by atoms with Crippen molar-refractivity contribution in [2.24, 2.45) is 11.3 Å². The van der Waals surface area contributed by atoms with Crippen molar-refractivity contribution in [3.8, 4) is 0 Å². The summed E-state index contributed by atoms with van der Waals surface area (Å²) < 4.78 is 0. The fourth-order valence-corrected chi connectivity index (χ4v) is 5.13. The lowest BCUT2D eigenvalue weighted by molar-refractivity contribution is 0.180. The Morgan fingerprint density at radius 1 is 0.758 bits per heavy atom. The Hall–Kier alpha value is -1.56. The Morgan fingerprint density at radius 3 is 1.70 bits per heavy atom. The van der Waals surface area contributed by atoms with Gasteiger partial charge in [-0.25, -0.2) is 0 Å². The molecule has 0 heterocycles. The van der Waals surface area contributed by atoms with Gasteiger partial charge in [0.05, 0.1) is 0 Å². The average Bonchev–Trinajstić information content (AvgIpc) is 2.74. The van der Waals surface area contributed by atoms with E-state index in [0.29, 0.717) is 11.3 Å². The number of hydrogen-bond donors (Lipinski definition) is 0. The molecule has 0 saturated heterocycles. The van der Waals surface area contributed by atoms with E-state index in [9.17, 15) is 0 Å². The summed E-state index contributed by atoms with van der Waals surface area (Å²) in [5.74, 6) is 0.700. The topological polar surface area (TPSA) is 0 Å². The molecule has 1 fully saturated rings. The first-order valence-corrected chi connectivity index (χ1v) is 13.6. The minimum absolute atomic E-state index is 0.434. The second kappa shape index (κ2) is 16.1. The molecule has 0 heteroatoms. The Balaban J connectivity index is 2.27. The van der Waals surface area contributed by atoms with E-state index in [1.54, 1.807) is 5.57 Å². The van der Waals surface area contributed by atoms with Crippen LogP contribution < -0.4 is 0 Å². The second-order valence-electron chi connectivity index (χ2n) is 11.3. The summed E-state index contributed by atoms with van der Waals surface area (Å²) in [4.78, 5) is 0. The van der Waals surface area contributed by atoms with E-state index < -0.39 is 0 Å². The first-order valence-electron chi connectivity index (χ1n) is 13.6. The fourth-order valence-electron chi connectivity index (χ4n) is 5.13. The maximum absolute atomic E-state index is 4.39. The van der Waals surface area contributed by atoms with Crippen LogP contribution in [0.25, 0.3) is 0 Å². The minimum atomic E-state index is 0.434. The van der Waals surface area contributed by atoms with Gasteiger partial charge in [-0.3, -0.25) is 0 Å². The molecule has 0 aromatic heterocycles. The third kappa shape index (κ3) is 13.0. The Bertz CT molecular complexity index is 719. The summed E-state index contributed by atoms with van der Waals surface area (Å²) in [6.07, 6.45) is 27.5. The van der Waals surface area contributed by atoms with Crippen LogP contribution in [0.15, 0.2) is 71.4 Å². The van der Waals surface area contributed by atoms with Crippen LogP contribution in [0.3, 0.4) is 0 Å². The van der Waals surface area contributed by atoms with Crippen LogP contribution >= 0.6 is 0 Å². The lowest BCUT2D eigenvalue weighted by atomic mass is 9.65. The summed E-state index contributed by atoms with van der Waals surface area (Å²) in [6.45, 7) is 22.2. The smallest absolute Gasteiger partial charge is 0.0152 e. The van der Waals surface area contributed by atoms with Crippen LogP contribution in [0, 0.1) is 11.3 Å². The predicted molar refractivity (Wildman–Crippen MR) is 152 cm³/mol. The molecule has 0 aromatic rings. The zero-order valence-corrected chi connectivity index (χ0v) is 23.1. The maximum Gasteiger partial charge on any atom is -0.0152 e. The van der Waals surface area contributed by atoms with Gasteiger partial charge in [-0.15, -0.1) is 6.58 Å². The van der Waals surface area contributed by atoms with Crippen molar-refractivity contribution >= 4 is 0 Å². The highest BCUT2D eigenvalue weighted by Crippen LogP contribution is 2.45. The number of unbranched alkanes of at least 4 members (excludes halogenated alkanes) is 1. The zero-order chi connectivity index (χ0) is 24.7. The second-order valence-corrected chi connectivity index (χ2v) is 11.3. The molecule has 0 amide bonds. The molecule has 1 saturated carbocycles. The highest BCUT2D eigenvalue weighted by atomic mass is 14.4. The van der Waals surface area contributed by atoms with Gasteiger partial charge in [0.15, 0.2) is 0 Å². The molecule has 1 atom stereocenters. The van der Waals surface area contributed by atoms with Crippen molar-refractivity contribution in [2.45, 2.75) is 125 Å². The normalized spacial score (nSPS) is 20.3. The monoisotopic (exact) mass is 450 g/mol. The van der Waals surface area contributed by atoms with E-state index >= 15 is 0 Å². The van der Waals surface area contributed by atoms with Gasteiger partial charge >= 0.3 is 0 Å². The maximum atomic E-state index is 4.39. The Kier molecular flexibility index (Phi) is 14.4. The van der Waals surface area contributed by atoms with Crippen molar-refractivity contribution in [1.82, 2.24) is 0 Å². The first-order chi connectivity index (χ1) is 15.7. The standard InChI is InChI=1S/C33H54/c1-9-10-16-27(2)19-13-21-29(4)22-14-20-28(3)17-11-12-18-30(5)24-25-32-31(6)23-15-26-33(32,7)8/h9,17-19,22,32H,1,6,10-16,20-21,23-26H2,2-5,7-8H3/b27-19+,28-17+,29-22+,30-18+/t32-/m1/s1. The molecular weight excluding hydrogens is 396 g/mol. The Morgan fingerprint density at radius 2 is 1.21 bits per heavy atom. The molecule has 0 aromatic carbocycles. The molecule has 1 aliphatic carbocycles. The van der Waals surface area contributed by atoms with Crippen molar-refractivity contribution in [3.05, 3.63) is 71.4 Å². The SMILES string of the molecule is C=CCC/C(C)=C/CC/C(C)=C/CC/C(C)=C/CC/C=C(\C)CC[C@@H]1C(=C)CCCC1(C)C. The van der Waals surface area contributed by atoms with Crippen LogP contribution in [-0.2, 0) is 0 Å². The molecule has 1 rings (SSSR count). The first kappa shape index (κ1) is 29.5. The van der Waals surface area contributed by atoms with E-state index in [2.05, 4.69) is 79.0 Å². The van der Waals surface area contributed by atoms with E-state index in [1.165, 1.54) is 86.5 Å². The van der Waals surface area contributed by atoms with Gasteiger partial charge in [-0.2, -0.15) is 0 Å². The molecule has 1 aliphatic rings. The lowest BCUT2D eigenvalue weighted by Gasteiger charge is -2.40. The van der Waals surface area contributed by atoms with Crippen molar-refractivity contribution in [3.63, 3.8) is 0 Å². The van der Waals surface area contributed by atoms with Gasteiger partial charge < -0.3 is 0 Å². The largest absolute Gasteiger partial charge is 0.103 e. The van der Waals surface area contributed by atoms with Crippen molar-refractivity contribution in [2.75, 3.05) is 0 Å². The highest BCUT2D eigenvalue weighted by Gasteiger charge is 2.33. The highest BCUT2D eigenvalue weighted by molar-refractivity contribution is 5.11. The van der Waals surface area contributed by atoms with E-state index in [-0.39, 0.29) is 0 Å². The van der Waals surface area contributed by atoms with Gasteiger partial charge in [0.1, 0.15) is 0 Å². The molecule has 186 valence electrons. The molecule has 0 N–H and O–H groups in total. The Labute approximate surface area is 207 Å². The minimum Gasteiger partial charge on any atom is -0.103 e. The van der Waals surface area contributed by atoms with E-state index in [0.717, 1.165) is 19.3 Å². The zero-order valence-electron chi connectivity index (χ0n) is 23.1. The number of hydrogen-bond acceptors (Lipinski definition) is 0. The number of rotatable bonds is 15. The molecule has 0 radical (unpaired) electrons. The van der Waals surface area contributed by atoms with E-state index in [1.807, 2.05) is 6.08 Å². The predicted octanol–water partition coefficient (Wildman–Crippen LogP) is 11.2. The summed E-state index contributed by atoms with van der Waals surface area (Å²) >= 11 is 0. The van der Waals surface area contributed by atoms with Gasteiger partial charge in [0.2, 0.25) is 0 Å². The van der Waals surface area contributed by atoms with Gasteiger partial charge in [-0.05, 0) is 122 Å².